The Hall–Kier alpha value is -2.19. The number of anilines is 1. The molecule has 0 saturated carbocycles. The average Bonchev–Trinajstić information content (AvgIpc) is 3.04. The number of hydrogen-bond acceptors (Lipinski definition) is 5. The Bertz CT molecular complexity index is 944. The lowest BCUT2D eigenvalue weighted by molar-refractivity contribution is 0.102. The van der Waals surface area contributed by atoms with Crippen molar-refractivity contribution in [2.45, 2.75) is 51.3 Å². The summed E-state index contributed by atoms with van der Waals surface area (Å²) in [5.74, 6) is 0.0911. The molecule has 27 heavy (non-hydrogen) atoms. The molecule has 1 N–H and O–H groups in total. The van der Waals surface area contributed by atoms with E-state index in [9.17, 15) is 13.2 Å². The van der Waals surface area contributed by atoms with Crippen molar-refractivity contribution in [1.82, 2.24) is 9.46 Å². The molecule has 1 fully saturated rings. The largest absolute Gasteiger partial charge is 0.361 e. The summed E-state index contributed by atoms with van der Waals surface area (Å²) in [5.41, 5.74) is 2.08. The lowest BCUT2D eigenvalue weighted by Crippen LogP contribution is -2.36. The fourth-order valence-electron chi connectivity index (χ4n) is 3.34. The van der Waals surface area contributed by atoms with Gasteiger partial charge in [0.25, 0.3) is 5.91 Å². The van der Waals surface area contributed by atoms with Crippen LogP contribution in [0.2, 0.25) is 0 Å². The predicted molar refractivity (Wildman–Crippen MR) is 102 cm³/mol. The molecule has 0 bridgehead atoms. The third-order valence-electron chi connectivity index (χ3n) is 4.87. The van der Waals surface area contributed by atoms with Crippen molar-refractivity contribution in [3.63, 3.8) is 0 Å². The van der Waals surface area contributed by atoms with Crippen molar-refractivity contribution in [2.24, 2.45) is 0 Å². The van der Waals surface area contributed by atoms with Gasteiger partial charge in [-0.2, -0.15) is 4.31 Å². The number of hydrogen-bond donors (Lipinski definition) is 1. The second-order valence-corrected chi connectivity index (χ2v) is 8.72. The van der Waals surface area contributed by atoms with Gasteiger partial charge in [0, 0.05) is 18.8 Å². The van der Waals surface area contributed by atoms with E-state index in [0.29, 0.717) is 47.8 Å². The molecule has 0 spiro atoms. The van der Waals surface area contributed by atoms with Gasteiger partial charge in [0.1, 0.15) is 11.3 Å². The summed E-state index contributed by atoms with van der Waals surface area (Å²) >= 11 is 0. The summed E-state index contributed by atoms with van der Waals surface area (Å²) in [5, 5.41) is 6.67. The highest BCUT2D eigenvalue weighted by atomic mass is 32.2. The number of benzene rings is 1. The van der Waals surface area contributed by atoms with Crippen LogP contribution >= 0.6 is 0 Å². The van der Waals surface area contributed by atoms with Gasteiger partial charge >= 0.3 is 0 Å². The highest BCUT2D eigenvalue weighted by Crippen LogP contribution is 2.26. The first-order valence-electron chi connectivity index (χ1n) is 9.22. The van der Waals surface area contributed by atoms with Crippen LogP contribution in [0.15, 0.2) is 27.6 Å². The lowest BCUT2D eigenvalue weighted by atomic mass is 10.1. The molecule has 1 amide bonds. The summed E-state index contributed by atoms with van der Waals surface area (Å²) < 4.78 is 32.7. The van der Waals surface area contributed by atoms with Crippen LogP contribution in [0.1, 0.15) is 53.6 Å². The Morgan fingerprint density at radius 3 is 2.59 bits per heavy atom. The first kappa shape index (κ1) is 19.6. The molecule has 0 radical (unpaired) electrons. The predicted octanol–water partition coefficient (Wildman–Crippen LogP) is 3.28. The van der Waals surface area contributed by atoms with Crippen LogP contribution < -0.4 is 5.32 Å². The molecule has 1 aromatic carbocycles. The van der Waals surface area contributed by atoms with Gasteiger partial charge in [0.05, 0.1) is 10.6 Å². The second kappa shape index (κ2) is 7.82. The SMILES string of the molecule is CCc1noc(C)c1C(=O)Nc1ccc(C)c(S(=O)(=O)N2CCCCC2)c1. The Morgan fingerprint density at radius 2 is 1.93 bits per heavy atom. The summed E-state index contributed by atoms with van der Waals surface area (Å²) in [4.78, 5) is 12.9. The molecule has 1 aliphatic heterocycles. The maximum Gasteiger partial charge on any atom is 0.261 e. The Kier molecular flexibility index (Phi) is 5.67. The van der Waals surface area contributed by atoms with Gasteiger partial charge in [0.15, 0.2) is 0 Å². The van der Waals surface area contributed by atoms with Crippen LogP contribution in [0.3, 0.4) is 0 Å². The first-order valence-corrected chi connectivity index (χ1v) is 10.7. The molecule has 2 heterocycles. The quantitative estimate of drug-likeness (QED) is 0.844. The number of aryl methyl sites for hydroxylation is 3. The number of carbonyl (C=O) groups is 1. The summed E-state index contributed by atoms with van der Waals surface area (Å²) in [6.07, 6.45) is 3.38. The molecule has 0 atom stereocenters. The maximum absolute atomic E-state index is 13.0. The fraction of sp³-hybridized carbons (Fsp3) is 0.474. The number of nitrogens with one attached hydrogen (secondary N) is 1. The van der Waals surface area contributed by atoms with Gasteiger partial charge in [-0.15, -0.1) is 0 Å². The van der Waals surface area contributed by atoms with Gasteiger partial charge in [-0.1, -0.05) is 24.6 Å². The van der Waals surface area contributed by atoms with E-state index in [1.165, 1.54) is 10.4 Å². The lowest BCUT2D eigenvalue weighted by Gasteiger charge is -2.26. The Morgan fingerprint density at radius 1 is 1.22 bits per heavy atom. The zero-order valence-corrected chi connectivity index (χ0v) is 16.7. The molecular weight excluding hydrogens is 366 g/mol. The number of amides is 1. The highest BCUT2D eigenvalue weighted by Gasteiger charge is 2.28. The molecular formula is C19H25N3O4S. The number of piperidine rings is 1. The normalized spacial score (nSPS) is 15.7. The van der Waals surface area contributed by atoms with E-state index in [2.05, 4.69) is 10.5 Å². The Labute approximate surface area is 159 Å². The molecule has 0 aliphatic carbocycles. The minimum atomic E-state index is -3.57. The van der Waals surface area contributed by atoms with Crippen LogP contribution in [0.4, 0.5) is 5.69 Å². The third kappa shape index (κ3) is 3.91. The van der Waals surface area contributed by atoms with Crippen molar-refractivity contribution in [3.05, 3.63) is 40.8 Å². The maximum atomic E-state index is 13.0. The monoisotopic (exact) mass is 391 g/mol. The van der Waals surface area contributed by atoms with E-state index in [0.717, 1.165) is 19.3 Å². The van der Waals surface area contributed by atoms with Crippen LogP contribution in [-0.4, -0.2) is 36.9 Å². The Balaban J connectivity index is 1.89. The molecule has 1 saturated heterocycles. The van der Waals surface area contributed by atoms with Gasteiger partial charge in [0.2, 0.25) is 10.0 Å². The van der Waals surface area contributed by atoms with Crippen LogP contribution in [0.25, 0.3) is 0 Å². The van der Waals surface area contributed by atoms with Crippen LogP contribution in [-0.2, 0) is 16.4 Å². The van der Waals surface area contributed by atoms with E-state index in [4.69, 9.17) is 4.52 Å². The van der Waals surface area contributed by atoms with Crippen molar-refractivity contribution in [1.29, 1.82) is 0 Å². The summed E-state index contributed by atoms with van der Waals surface area (Å²) in [6.45, 7) is 6.42. The third-order valence-corrected chi connectivity index (χ3v) is 6.91. The van der Waals surface area contributed by atoms with Gasteiger partial charge < -0.3 is 9.84 Å². The number of carbonyl (C=O) groups excluding carboxylic acids is 1. The van der Waals surface area contributed by atoms with Crippen LogP contribution in [0, 0.1) is 13.8 Å². The van der Waals surface area contributed by atoms with E-state index < -0.39 is 10.0 Å². The molecule has 146 valence electrons. The molecule has 1 aromatic heterocycles. The fourth-order valence-corrected chi connectivity index (χ4v) is 5.11. The number of aromatic nitrogens is 1. The number of rotatable bonds is 5. The summed E-state index contributed by atoms with van der Waals surface area (Å²) in [6, 6.07) is 4.95. The van der Waals surface area contributed by atoms with Crippen molar-refractivity contribution < 1.29 is 17.7 Å². The molecule has 7 nitrogen and oxygen atoms in total. The summed E-state index contributed by atoms with van der Waals surface area (Å²) in [7, 11) is -3.57. The van der Waals surface area contributed by atoms with E-state index in [1.54, 1.807) is 26.0 Å². The van der Waals surface area contributed by atoms with E-state index in [1.807, 2.05) is 6.92 Å². The minimum absolute atomic E-state index is 0.236. The van der Waals surface area contributed by atoms with E-state index in [-0.39, 0.29) is 10.8 Å². The standard InChI is InChI=1S/C19H25N3O4S/c1-4-16-18(14(3)26-21-16)19(23)20-15-9-8-13(2)17(12-15)27(24,25)22-10-6-5-7-11-22/h8-9,12H,4-7,10-11H2,1-3H3,(H,20,23). The zero-order valence-electron chi connectivity index (χ0n) is 15.9. The zero-order chi connectivity index (χ0) is 19.6. The average molecular weight is 391 g/mol. The van der Waals surface area contributed by atoms with E-state index >= 15 is 0 Å². The van der Waals surface area contributed by atoms with Crippen LogP contribution in [0.5, 0.6) is 0 Å². The molecule has 3 rings (SSSR count). The highest BCUT2D eigenvalue weighted by molar-refractivity contribution is 7.89. The van der Waals surface area contributed by atoms with Crippen molar-refractivity contribution >= 4 is 21.6 Å². The van der Waals surface area contributed by atoms with Crippen molar-refractivity contribution in [3.8, 4) is 0 Å². The van der Waals surface area contributed by atoms with Crippen molar-refractivity contribution in [2.75, 3.05) is 18.4 Å². The smallest absolute Gasteiger partial charge is 0.261 e. The molecule has 2 aromatic rings. The number of sulfonamides is 1. The molecule has 8 heteroatoms. The molecule has 1 aliphatic rings. The topological polar surface area (TPSA) is 92.5 Å². The van der Waals surface area contributed by atoms with Gasteiger partial charge in [-0.3, -0.25) is 4.79 Å². The second-order valence-electron chi connectivity index (χ2n) is 6.81. The number of nitrogens with zero attached hydrogens (tertiary/aromatic N) is 2. The minimum Gasteiger partial charge on any atom is -0.361 e. The first-order chi connectivity index (χ1) is 12.8. The van der Waals surface area contributed by atoms with Gasteiger partial charge in [-0.05, 0) is 50.8 Å². The molecule has 0 unspecified atom stereocenters. The van der Waals surface area contributed by atoms with Gasteiger partial charge in [-0.25, -0.2) is 8.42 Å².